The first-order valence-corrected chi connectivity index (χ1v) is 4.67. The monoisotopic (exact) mass is 223 g/mol. The predicted molar refractivity (Wildman–Crippen MR) is 63.4 cm³/mol. The molecule has 76 valence electrons. The van der Waals surface area contributed by atoms with E-state index in [1.165, 1.54) is 13.2 Å². The van der Waals surface area contributed by atoms with E-state index >= 15 is 0 Å². The minimum Gasteiger partial charge on any atom is -0.496 e. The van der Waals surface area contributed by atoms with Crippen molar-refractivity contribution in [1.82, 2.24) is 0 Å². The molecule has 15 heavy (non-hydrogen) atoms. The van der Waals surface area contributed by atoms with Gasteiger partial charge in [-0.05, 0) is 23.8 Å². The summed E-state index contributed by atoms with van der Waals surface area (Å²) in [6, 6.07) is 2.97. The van der Waals surface area contributed by atoms with Crippen LogP contribution in [0.5, 0.6) is 5.75 Å². The van der Waals surface area contributed by atoms with Crippen LogP contribution in [0.4, 0.5) is 0 Å². The molecular formula is C13H11ClO. The summed E-state index contributed by atoms with van der Waals surface area (Å²) in [5, 5.41) is 0.396. The minimum atomic E-state index is -0.426. The summed E-state index contributed by atoms with van der Waals surface area (Å²) in [5.74, 6) is 0.396. The van der Waals surface area contributed by atoms with Crippen molar-refractivity contribution in [1.29, 1.82) is 0 Å². The molecule has 0 aromatic heterocycles. The lowest BCUT2D eigenvalue weighted by Gasteiger charge is -2.08. The molecule has 0 saturated carbocycles. The zero-order valence-electron chi connectivity index (χ0n) is 13.0. The molecule has 0 N–H and O–H groups in total. The SMILES string of the molecule is [2H]c1c([2H])c([2H])c(-c2cc(Cl)ccc2OC)c([2H])c1[2H]. The fourth-order valence-corrected chi connectivity index (χ4v) is 1.43. The summed E-state index contributed by atoms with van der Waals surface area (Å²) in [4.78, 5) is 0. The van der Waals surface area contributed by atoms with Crippen molar-refractivity contribution in [2.24, 2.45) is 0 Å². The van der Waals surface area contributed by atoms with Crippen molar-refractivity contribution < 1.29 is 11.6 Å². The van der Waals surface area contributed by atoms with Crippen molar-refractivity contribution in [2.45, 2.75) is 0 Å². The third-order valence-electron chi connectivity index (χ3n) is 1.93. The third kappa shape index (κ3) is 2.13. The number of benzene rings is 2. The molecule has 2 heteroatoms. The molecule has 0 aliphatic rings. The number of halogens is 1. The Hall–Kier alpha value is -1.47. The van der Waals surface area contributed by atoms with Crippen LogP contribution in [0.25, 0.3) is 11.1 Å². The third-order valence-corrected chi connectivity index (χ3v) is 2.17. The molecule has 2 aromatic rings. The molecule has 0 aliphatic carbocycles. The van der Waals surface area contributed by atoms with E-state index in [4.69, 9.17) is 23.2 Å². The van der Waals surface area contributed by atoms with Gasteiger partial charge in [0.25, 0.3) is 0 Å². The van der Waals surface area contributed by atoms with Crippen molar-refractivity contribution >= 4 is 11.6 Å². The van der Waals surface area contributed by atoms with Crippen LogP contribution in [0.1, 0.15) is 6.85 Å². The first-order chi connectivity index (χ1) is 9.38. The maximum atomic E-state index is 7.94. The molecule has 0 amide bonds. The van der Waals surface area contributed by atoms with Gasteiger partial charge in [-0.3, -0.25) is 0 Å². The van der Waals surface area contributed by atoms with E-state index in [1.807, 2.05) is 0 Å². The maximum absolute atomic E-state index is 7.94. The summed E-state index contributed by atoms with van der Waals surface area (Å²) < 4.78 is 44.0. The maximum Gasteiger partial charge on any atom is 0.126 e. The van der Waals surface area contributed by atoms with Crippen LogP contribution in [0.2, 0.25) is 5.02 Å². The number of methoxy groups -OCH3 is 1. The van der Waals surface area contributed by atoms with E-state index in [1.54, 1.807) is 12.1 Å². The first-order valence-electron chi connectivity index (χ1n) is 6.79. The standard InChI is InChI=1S/C13H11ClO/c1-15-13-8-7-11(14)9-12(13)10-5-3-2-4-6-10/h2-9H,1H3/i2D,3D,4D,5D,6D. The number of ether oxygens (including phenoxy) is 1. The molecule has 0 aliphatic heterocycles. The average molecular weight is 224 g/mol. The molecule has 0 bridgehead atoms. The van der Waals surface area contributed by atoms with Crippen molar-refractivity contribution in [3.8, 4) is 16.9 Å². The largest absolute Gasteiger partial charge is 0.496 e. The highest BCUT2D eigenvalue weighted by Gasteiger charge is 2.05. The lowest BCUT2D eigenvalue weighted by atomic mass is 10.1. The van der Waals surface area contributed by atoms with Crippen molar-refractivity contribution in [2.75, 3.05) is 7.11 Å². The lowest BCUT2D eigenvalue weighted by molar-refractivity contribution is 0.416. The topological polar surface area (TPSA) is 9.23 Å². The fourth-order valence-electron chi connectivity index (χ4n) is 1.26. The summed E-state index contributed by atoms with van der Waals surface area (Å²) in [6.45, 7) is 0. The summed E-state index contributed by atoms with van der Waals surface area (Å²) in [5.41, 5.74) is 0.451. The molecule has 0 fully saturated rings. The van der Waals surface area contributed by atoms with Crippen LogP contribution >= 0.6 is 11.6 Å². The van der Waals surface area contributed by atoms with Crippen molar-refractivity contribution in [3.05, 3.63) is 53.4 Å². The number of rotatable bonds is 2. The number of hydrogen-bond acceptors (Lipinski definition) is 1. The van der Waals surface area contributed by atoms with E-state index in [2.05, 4.69) is 0 Å². The summed E-state index contributed by atoms with van der Waals surface area (Å²) in [7, 11) is 1.45. The van der Waals surface area contributed by atoms with Gasteiger partial charge in [0, 0.05) is 10.6 Å². The predicted octanol–water partition coefficient (Wildman–Crippen LogP) is 4.02. The Morgan fingerprint density at radius 3 is 2.60 bits per heavy atom. The van der Waals surface area contributed by atoms with E-state index in [-0.39, 0.29) is 29.7 Å². The molecule has 0 spiro atoms. The summed E-state index contributed by atoms with van der Waals surface area (Å²) in [6.07, 6.45) is 0. The van der Waals surface area contributed by atoms with Gasteiger partial charge in [0.1, 0.15) is 5.75 Å². The molecule has 0 radical (unpaired) electrons. The molecule has 1 nitrogen and oxygen atoms in total. The van der Waals surface area contributed by atoms with Gasteiger partial charge < -0.3 is 4.74 Å². The Morgan fingerprint density at radius 2 is 1.93 bits per heavy atom. The second-order valence-electron chi connectivity index (χ2n) is 2.84. The van der Waals surface area contributed by atoms with Crippen LogP contribution < -0.4 is 4.74 Å². The van der Waals surface area contributed by atoms with Gasteiger partial charge in [-0.2, -0.15) is 0 Å². The van der Waals surface area contributed by atoms with Gasteiger partial charge >= 0.3 is 0 Å². The van der Waals surface area contributed by atoms with Gasteiger partial charge in [0.05, 0.1) is 14.0 Å². The van der Waals surface area contributed by atoms with Crippen molar-refractivity contribution in [3.63, 3.8) is 0 Å². The Bertz CT molecular complexity index is 658. The lowest BCUT2D eigenvalue weighted by Crippen LogP contribution is -1.87. The normalized spacial score (nSPS) is 14.7. The first kappa shape index (κ1) is 5.57. The van der Waals surface area contributed by atoms with Gasteiger partial charge in [-0.25, -0.2) is 0 Å². The minimum absolute atomic E-state index is 0.0790. The second-order valence-corrected chi connectivity index (χ2v) is 3.28. The van der Waals surface area contributed by atoms with Gasteiger partial charge in [-0.15, -0.1) is 0 Å². The molecular weight excluding hydrogens is 208 g/mol. The Morgan fingerprint density at radius 1 is 1.20 bits per heavy atom. The molecule has 2 aromatic carbocycles. The van der Waals surface area contributed by atoms with E-state index < -0.39 is 6.04 Å². The molecule has 0 unspecified atom stereocenters. The fraction of sp³-hybridized carbons (Fsp3) is 0.0769. The highest BCUT2D eigenvalue weighted by atomic mass is 35.5. The smallest absolute Gasteiger partial charge is 0.126 e. The molecule has 2 rings (SSSR count). The molecule has 0 saturated heterocycles. The van der Waals surface area contributed by atoms with E-state index in [9.17, 15) is 0 Å². The van der Waals surface area contributed by atoms with Crippen LogP contribution in [-0.4, -0.2) is 7.11 Å². The number of hydrogen-bond donors (Lipinski definition) is 0. The van der Waals surface area contributed by atoms with Gasteiger partial charge in [0.15, 0.2) is 0 Å². The quantitative estimate of drug-likeness (QED) is 0.748. The van der Waals surface area contributed by atoms with Crippen LogP contribution in [0, 0.1) is 0 Å². The molecule has 0 atom stereocenters. The van der Waals surface area contributed by atoms with E-state index in [0.717, 1.165) is 0 Å². The van der Waals surface area contributed by atoms with Crippen LogP contribution in [0.3, 0.4) is 0 Å². The summed E-state index contributed by atoms with van der Waals surface area (Å²) >= 11 is 5.93. The highest BCUT2D eigenvalue weighted by Crippen LogP contribution is 2.31. The average Bonchev–Trinajstić information content (AvgIpc) is 2.43. The van der Waals surface area contributed by atoms with Crippen LogP contribution in [0.15, 0.2) is 48.4 Å². The zero-order valence-corrected chi connectivity index (χ0v) is 8.77. The Labute approximate surface area is 101 Å². The Kier molecular flexibility index (Phi) is 1.62. The Balaban J connectivity index is 2.86. The van der Waals surface area contributed by atoms with Crippen LogP contribution in [-0.2, 0) is 0 Å². The van der Waals surface area contributed by atoms with Gasteiger partial charge in [0.2, 0.25) is 0 Å². The van der Waals surface area contributed by atoms with E-state index in [0.29, 0.717) is 16.3 Å². The molecule has 0 heterocycles. The second kappa shape index (κ2) is 4.37. The zero-order chi connectivity index (χ0) is 15.0. The highest BCUT2D eigenvalue weighted by molar-refractivity contribution is 6.31. The van der Waals surface area contributed by atoms with Gasteiger partial charge in [-0.1, -0.05) is 41.8 Å².